The van der Waals surface area contributed by atoms with E-state index in [1.165, 1.54) is 12.1 Å². The number of hydrogen-bond donors (Lipinski definition) is 1. The predicted octanol–water partition coefficient (Wildman–Crippen LogP) is 4.85. The summed E-state index contributed by atoms with van der Waals surface area (Å²) < 4.78 is 41.4. The number of carbonyl (C=O) groups excluding carboxylic acids is 1. The molecule has 0 aliphatic carbocycles. The van der Waals surface area contributed by atoms with Crippen LogP contribution in [-0.4, -0.2) is 51.3 Å². The molecule has 1 aliphatic heterocycles. The number of nitrogens with zero attached hydrogens (tertiary/aromatic N) is 4. The van der Waals surface area contributed by atoms with E-state index >= 15 is 0 Å². The number of benzene rings is 2. The van der Waals surface area contributed by atoms with E-state index in [2.05, 4.69) is 20.1 Å². The number of carbonyl (C=O) groups is 1. The third-order valence-corrected chi connectivity index (χ3v) is 6.39. The highest BCUT2D eigenvalue weighted by molar-refractivity contribution is 5.95. The van der Waals surface area contributed by atoms with Gasteiger partial charge < -0.3 is 9.72 Å². The van der Waals surface area contributed by atoms with Gasteiger partial charge in [0.1, 0.15) is 11.7 Å². The number of halogens is 3. The predicted molar refractivity (Wildman–Crippen MR) is 131 cm³/mol. The van der Waals surface area contributed by atoms with Crippen LogP contribution in [0.2, 0.25) is 0 Å². The van der Waals surface area contributed by atoms with E-state index in [1.807, 2.05) is 65.3 Å². The van der Waals surface area contributed by atoms with Gasteiger partial charge in [-0.05, 0) is 35.9 Å². The van der Waals surface area contributed by atoms with Crippen molar-refractivity contribution in [2.75, 3.05) is 31.5 Å². The molecule has 0 bridgehead atoms. The van der Waals surface area contributed by atoms with Crippen LogP contribution in [0.1, 0.15) is 22.9 Å². The minimum absolute atomic E-state index is 0.126. The lowest BCUT2D eigenvalue weighted by atomic mass is 10.0. The van der Waals surface area contributed by atoms with E-state index in [4.69, 9.17) is 0 Å². The Morgan fingerprint density at radius 3 is 2.42 bits per heavy atom. The molecular weight excluding hydrogens is 467 g/mol. The monoisotopic (exact) mass is 493 g/mol. The SMILES string of the molecule is O=C(Nc1cccc(C(F)(F)F)c1)[C@H](c1ccccc1)N1CCN(Cc2cn3ccccc3n2)CC1. The minimum Gasteiger partial charge on any atom is -0.324 e. The second kappa shape index (κ2) is 10.1. The molecule has 0 unspecified atom stereocenters. The number of nitrogens with one attached hydrogen (secondary N) is 1. The van der Waals surface area contributed by atoms with Crippen molar-refractivity contribution in [2.24, 2.45) is 0 Å². The van der Waals surface area contributed by atoms with Crippen molar-refractivity contribution in [3.05, 3.63) is 102 Å². The van der Waals surface area contributed by atoms with Gasteiger partial charge >= 0.3 is 6.18 Å². The fourth-order valence-electron chi connectivity index (χ4n) is 4.62. The lowest BCUT2D eigenvalue weighted by molar-refractivity contribution is -0.137. The van der Waals surface area contributed by atoms with Crippen LogP contribution in [0.4, 0.5) is 18.9 Å². The molecule has 2 aromatic heterocycles. The van der Waals surface area contributed by atoms with Crippen LogP contribution >= 0.6 is 0 Å². The molecule has 2 aromatic carbocycles. The molecule has 1 N–H and O–H groups in total. The number of alkyl halides is 3. The van der Waals surface area contributed by atoms with Gasteiger partial charge in [-0.3, -0.25) is 14.6 Å². The summed E-state index contributed by atoms with van der Waals surface area (Å²) in [6.07, 6.45) is -0.481. The summed E-state index contributed by atoms with van der Waals surface area (Å²) >= 11 is 0. The van der Waals surface area contributed by atoms with Crippen LogP contribution in [0.15, 0.2) is 85.2 Å². The van der Waals surface area contributed by atoms with Crippen molar-refractivity contribution in [1.82, 2.24) is 19.2 Å². The number of anilines is 1. The van der Waals surface area contributed by atoms with Gasteiger partial charge in [0, 0.05) is 50.8 Å². The molecule has 0 saturated carbocycles. The maximum Gasteiger partial charge on any atom is 0.416 e. The van der Waals surface area contributed by atoms with Gasteiger partial charge in [0.05, 0.1) is 11.3 Å². The van der Waals surface area contributed by atoms with E-state index in [0.29, 0.717) is 19.6 Å². The third-order valence-electron chi connectivity index (χ3n) is 6.39. The van der Waals surface area contributed by atoms with Gasteiger partial charge in [-0.25, -0.2) is 4.98 Å². The molecule has 1 amide bonds. The van der Waals surface area contributed by atoms with Crippen molar-refractivity contribution in [2.45, 2.75) is 18.8 Å². The first-order chi connectivity index (χ1) is 17.4. The first-order valence-electron chi connectivity index (χ1n) is 11.8. The number of amides is 1. The first-order valence-corrected chi connectivity index (χ1v) is 11.8. The molecule has 1 fully saturated rings. The van der Waals surface area contributed by atoms with E-state index in [9.17, 15) is 18.0 Å². The van der Waals surface area contributed by atoms with Gasteiger partial charge in [-0.2, -0.15) is 13.2 Å². The van der Waals surface area contributed by atoms with Crippen LogP contribution in [0.5, 0.6) is 0 Å². The van der Waals surface area contributed by atoms with Gasteiger partial charge in [0.15, 0.2) is 0 Å². The highest BCUT2D eigenvalue weighted by Gasteiger charge is 2.33. The van der Waals surface area contributed by atoms with E-state index in [1.54, 1.807) is 0 Å². The Hall–Kier alpha value is -3.69. The molecule has 1 saturated heterocycles. The maximum absolute atomic E-state index is 13.4. The Balaban J connectivity index is 1.29. The molecule has 6 nitrogen and oxygen atoms in total. The van der Waals surface area contributed by atoms with Crippen LogP contribution in [0, 0.1) is 0 Å². The van der Waals surface area contributed by atoms with Crippen LogP contribution in [0.3, 0.4) is 0 Å². The number of aromatic nitrogens is 2. The van der Waals surface area contributed by atoms with Crippen molar-refractivity contribution < 1.29 is 18.0 Å². The number of imidazole rings is 1. The zero-order chi connectivity index (χ0) is 25.1. The molecule has 9 heteroatoms. The highest BCUT2D eigenvalue weighted by Crippen LogP contribution is 2.31. The normalized spacial score (nSPS) is 16.2. The van der Waals surface area contributed by atoms with Gasteiger partial charge in [-0.15, -0.1) is 0 Å². The quantitative estimate of drug-likeness (QED) is 0.417. The zero-order valence-electron chi connectivity index (χ0n) is 19.5. The largest absolute Gasteiger partial charge is 0.416 e. The fraction of sp³-hybridized carbons (Fsp3) is 0.259. The summed E-state index contributed by atoms with van der Waals surface area (Å²) in [6.45, 7) is 3.48. The molecule has 186 valence electrons. The standard InChI is InChI=1S/C27H26F3N5O/c28-27(29,30)21-9-6-10-22(17-21)32-26(36)25(20-7-2-1-3-8-20)34-15-13-33(14-16-34)18-23-19-35-12-5-4-11-24(35)31-23/h1-12,17,19,25H,13-16,18H2,(H,32,36)/t25-/m0/s1. The van der Waals surface area contributed by atoms with Crippen molar-refractivity contribution >= 4 is 17.2 Å². The van der Waals surface area contributed by atoms with Crippen LogP contribution in [-0.2, 0) is 17.5 Å². The molecule has 0 radical (unpaired) electrons. The molecule has 5 rings (SSSR count). The third kappa shape index (κ3) is 5.42. The maximum atomic E-state index is 13.4. The number of pyridine rings is 1. The minimum atomic E-state index is -4.48. The van der Waals surface area contributed by atoms with Crippen molar-refractivity contribution in [1.29, 1.82) is 0 Å². The van der Waals surface area contributed by atoms with Crippen LogP contribution in [0.25, 0.3) is 5.65 Å². The Bertz CT molecular complexity index is 1300. The number of hydrogen-bond acceptors (Lipinski definition) is 4. The van der Waals surface area contributed by atoms with Crippen LogP contribution < -0.4 is 5.32 Å². The molecule has 3 heterocycles. The second-order valence-electron chi connectivity index (χ2n) is 8.89. The highest BCUT2D eigenvalue weighted by atomic mass is 19.4. The smallest absolute Gasteiger partial charge is 0.324 e. The van der Waals surface area contributed by atoms with E-state index in [-0.39, 0.29) is 11.6 Å². The van der Waals surface area contributed by atoms with Gasteiger partial charge in [0.2, 0.25) is 5.91 Å². The number of rotatable bonds is 6. The topological polar surface area (TPSA) is 52.9 Å². The molecule has 0 spiro atoms. The summed E-state index contributed by atoms with van der Waals surface area (Å²) in [4.78, 5) is 22.4. The molecule has 36 heavy (non-hydrogen) atoms. The summed E-state index contributed by atoms with van der Waals surface area (Å²) in [5, 5.41) is 2.71. The Morgan fingerprint density at radius 1 is 0.944 bits per heavy atom. The lowest BCUT2D eigenvalue weighted by Gasteiger charge is -2.38. The summed E-state index contributed by atoms with van der Waals surface area (Å²) in [5.74, 6) is -0.352. The fourth-order valence-corrected chi connectivity index (χ4v) is 4.62. The molecule has 1 aliphatic rings. The number of fused-ring (bicyclic) bond motifs is 1. The Kier molecular flexibility index (Phi) is 6.75. The Labute approximate surface area is 207 Å². The number of piperazine rings is 1. The Morgan fingerprint density at radius 2 is 1.69 bits per heavy atom. The van der Waals surface area contributed by atoms with E-state index in [0.717, 1.165) is 42.1 Å². The molecule has 4 aromatic rings. The lowest BCUT2D eigenvalue weighted by Crippen LogP contribution is -2.49. The summed E-state index contributed by atoms with van der Waals surface area (Å²) in [5.41, 5.74) is 2.02. The van der Waals surface area contributed by atoms with Crippen molar-refractivity contribution in [3.63, 3.8) is 0 Å². The van der Waals surface area contributed by atoms with E-state index < -0.39 is 17.8 Å². The molecule has 1 atom stereocenters. The average Bonchev–Trinajstić information content (AvgIpc) is 3.28. The second-order valence-corrected chi connectivity index (χ2v) is 8.89. The molecular formula is C27H26F3N5O. The summed E-state index contributed by atoms with van der Waals surface area (Å²) in [7, 11) is 0. The summed E-state index contributed by atoms with van der Waals surface area (Å²) in [6, 6.07) is 19.4. The first kappa shape index (κ1) is 24.0. The zero-order valence-corrected chi connectivity index (χ0v) is 19.5. The van der Waals surface area contributed by atoms with Gasteiger partial charge in [-0.1, -0.05) is 42.5 Å². The van der Waals surface area contributed by atoms with Crippen molar-refractivity contribution in [3.8, 4) is 0 Å². The van der Waals surface area contributed by atoms with Gasteiger partial charge in [0.25, 0.3) is 0 Å². The average molecular weight is 494 g/mol.